The number of hydrogen-bond acceptors (Lipinski definition) is 5. The van der Waals surface area contributed by atoms with Gasteiger partial charge in [-0.05, 0) is 80.6 Å². The number of carbonyl (C=O) groups excluding carboxylic acids is 1. The number of aryl methyl sites for hydroxylation is 2. The van der Waals surface area contributed by atoms with Crippen LogP contribution in [0.3, 0.4) is 0 Å². The monoisotopic (exact) mass is 557 g/mol. The minimum absolute atomic E-state index is 0.0231. The van der Waals surface area contributed by atoms with Crippen LogP contribution in [0.2, 0.25) is 10.0 Å². The lowest BCUT2D eigenvalue weighted by Gasteiger charge is -2.40. The topological polar surface area (TPSA) is 79.3 Å². The van der Waals surface area contributed by atoms with Crippen molar-refractivity contribution in [1.29, 1.82) is 5.26 Å². The first kappa shape index (κ1) is 26.9. The van der Waals surface area contributed by atoms with Gasteiger partial charge in [0.1, 0.15) is 18.2 Å². The average Bonchev–Trinajstić information content (AvgIpc) is 2.90. The molecule has 1 heterocycles. The number of hydrogen-bond donors (Lipinski definition) is 1. The van der Waals surface area contributed by atoms with Crippen LogP contribution in [0.4, 0.5) is 5.69 Å². The van der Waals surface area contributed by atoms with E-state index in [1.165, 1.54) is 0 Å². The highest BCUT2D eigenvalue weighted by Gasteiger charge is 2.41. The Bertz CT molecular complexity index is 1580. The maximum Gasteiger partial charge on any atom is 0.161 e. The SMILES string of the molecule is Cc1ccc(OCc2cc(C)cc(C3C(C#N)=C(N)N(c4ccc(Cl)cc4Cl)C4=C3C(=O)CCC4)c2C)cc1. The molecule has 1 aliphatic carbocycles. The van der Waals surface area contributed by atoms with Crippen LogP contribution in [0.25, 0.3) is 0 Å². The molecule has 2 aliphatic rings. The van der Waals surface area contributed by atoms with E-state index in [0.29, 0.717) is 52.7 Å². The zero-order chi connectivity index (χ0) is 27.8. The van der Waals surface area contributed by atoms with E-state index in [1.807, 2.05) is 45.0 Å². The van der Waals surface area contributed by atoms with Gasteiger partial charge in [-0.2, -0.15) is 5.26 Å². The summed E-state index contributed by atoms with van der Waals surface area (Å²) in [6.07, 6.45) is 1.76. The molecule has 0 amide bonds. The third-order valence-corrected chi connectivity index (χ3v) is 8.03. The van der Waals surface area contributed by atoms with Crippen molar-refractivity contribution in [3.05, 3.63) is 115 Å². The molecule has 1 aliphatic heterocycles. The second-order valence-corrected chi connectivity index (χ2v) is 11.0. The third-order valence-electron chi connectivity index (χ3n) is 7.49. The first-order chi connectivity index (χ1) is 18.7. The lowest BCUT2D eigenvalue weighted by molar-refractivity contribution is -0.116. The summed E-state index contributed by atoms with van der Waals surface area (Å²) in [4.78, 5) is 15.4. The molecule has 1 atom stereocenters. The van der Waals surface area contributed by atoms with Crippen molar-refractivity contribution in [3.63, 3.8) is 0 Å². The van der Waals surface area contributed by atoms with Gasteiger partial charge < -0.3 is 10.5 Å². The van der Waals surface area contributed by atoms with E-state index >= 15 is 0 Å². The van der Waals surface area contributed by atoms with Gasteiger partial charge in [-0.15, -0.1) is 0 Å². The number of rotatable bonds is 5. The Morgan fingerprint density at radius 2 is 1.77 bits per heavy atom. The average molecular weight is 559 g/mol. The number of nitrogens with two attached hydrogens (primary N) is 1. The standard InChI is InChI=1S/C32H29Cl2N3O2/c1-18-7-10-23(11-8-18)39-17-21-13-19(2)14-24(20(21)3)30-25(16-35)32(36)37(27-12-9-22(33)15-26(27)34)28-5-4-6-29(38)31(28)30/h7-15,30H,4-6,17,36H2,1-3H3. The fraction of sp³-hybridized carbons (Fsp3) is 0.250. The van der Waals surface area contributed by atoms with E-state index in [9.17, 15) is 10.1 Å². The number of allylic oxidation sites excluding steroid dienone is 3. The highest BCUT2D eigenvalue weighted by atomic mass is 35.5. The highest BCUT2D eigenvalue weighted by Crippen LogP contribution is 2.48. The van der Waals surface area contributed by atoms with Crippen LogP contribution in [0.1, 0.15) is 53.0 Å². The van der Waals surface area contributed by atoms with E-state index in [4.69, 9.17) is 33.7 Å². The number of carbonyl (C=O) groups is 1. The Kier molecular flexibility index (Phi) is 7.44. The van der Waals surface area contributed by atoms with Crippen LogP contribution in [-0.4, -0.2) is 5.78 Å². The van der Waals surface area contributed by atoms with Crippen LogP contribution in [0.5, 0.6) is 5.75 Å². The van der Waals surface area contributed by atoms with Crippen LogP contribution < -0.4 is 15.4 Å². The molecule has 198 valence electrons. The van der Waals surface area contributed by atoms with Crippen molar-refractivity contribution in [3.8, 4) is 11.8 Å². The van der Waals surface area contributed by atoms with Crippen LogP contribution in [-0.2, 0) is 11.4 Å². The molecule has 0 fully saturated rings. The summed E-state index contributed by atoms with van der Waals surface area (Å²) in [5.41, 5.74) is 14.1. The van der Waals surface area contributed by atoms with Gasteiger partial charge in [0.15, 0.2) is 5.78 Å². The highest BCUT2D eigenvalue weighted by molar-refractivity contribution is 6.36. The first-order valence-electron chi connectivity index (χ1n) is 12.9. The summed E-state index contributed by atoms with van der Waals surface area (Å²) in [6.45, 7) is 6.43. The molecule has 3 aromatic rings. The Morgan fingerprint density at radius 3 is 2.46 bits per heavy atom. The van der Waals surface area contributed by atoms with Gasteiger partial charge in [0.05, 0.1) is 28.3 Å². The summed E-state index contributed by atoms with van der Waals surface area (Å²) in [5.74, 6) is 0.511. The second kappa shape index (κ2) is 10.8. The minimum Gasteiger partial charge on any atom is -0.489 e. The summed E-state index contributed by atoms with van der Waals surface area (Å²) >= 11 is 12.7. The Hall–Kier alpha value is -3.72. The number of nitriles is 1. The molecule has 2 N–H and O–H groups in total. The lowest BCUT2D eigenvalue weighted by atomic mass is 9.73. The van der Waals surface area contributed by atoms with Crippen molar-refractivity contribution < 1.29 is 9.53 Å². The maximum atomic E-state index is 13.6. The molecule has 39 heavy (non-hydrogen) atoms. The summed E-state index contributed by atoms with van der Waals surface area (Å²) < 4.78 is 6.11. The smallest absolute Gasteiger partial charge is 0.161 e. The molecule has 0 spiro atoms. The van der Waals surface area contributed by atoms with E-state index in [2.05, 4.69) is 18.2 Å². The zero-order valence-corrected chi connectivity index (χ0v) is 23.7. The van der Waals surface area contributed by atoms with E-state index in [-0.39, 0.29) is 11.6 Å². The first-order valence-corrected chi connectivity index (χ1v) is 13.7. The van der Waals surface area contributed by atoms with Crippen LogP contribution >= 0.6 is 23.2 Å². The van der Waals surface area contributed by atoms with Gasteiger partial charge in [-0.1, -0.05) is 58.6 Å². The van der Waals surface area contributed by atoms with Gasteiger partial charge in [-0.3, -0.25) is 9.69 Å². The van der Waals surface area contributed by atoms with Gasteiger partial charge in [0.25, 0.3) is 0 Å². The number of ketones is 1. The Morgan fingerprint density at radius 1 is 1.03 bits per heavy atom. The molecular formula is C32H29Cl2N3O2. The predicted molar refractivity (Wildman–Crippen MR) is 156 cm³/mol. The second-order valence-electron chi connectivity index (χ2n) is 10.2. The molecule has 1 unspecified atom stereocenters. The maximum absolute atomic E-state index is 13.6. The third kappa shape index (κ3) is 5.03. The van der Waals surface area contributed by atoms with Crippen molar-refractivity contribution in [2.24, 2.45) is 5.73 Å². The zero-order valence-electron chi connectivity index (χ0n) is 22.1. The molecule has 5 nitrogen and oxygen atoms in total. The molecule has 0 aromatic heterocycles. The fourth-order valence-corrected chi connectivity index (χ4v) is 6.04. The van der Waals surface area contributed by atoms with E-state index in [1.54, 1.807) is 23.1 Å². The molecular weight excluding hydrogens is 529 g/mol. The minimum atomic E-state index is -0.571. The molecule has 5 rings (SSSR count). The van der Waals surface area contributed by atoms with Gasteiger partial charge in [0.2, 0.25) is 0 Å². The van der Waals surface area contributed by atoms with Crippen molar-refractivity contribution >= 4 is 34.7 Å². The number of benzene rings is 3. The number of Topliss-reactive ketones (excluding diaryl/α,β-unsaturated/α-hetero) is 1. The number of anilines is 1. The molecule has 7 heteroatoms. The van der Waals surface area contributed by atoms with E-state index in [0.717, 1.165) is 39.3 Å². The van der Waals surface area contributed by atoms with Crippen molar-refractivity contribution in [1.82, 2.24) is 0 Å². The summed E-state index contributed by atoms with van der Waals surface area (Å²) in [7, 11) is 0. The lowest BCUT2D eigenvalue weighted by Crippen LogP contribution is -2.39. The van der Waals surface area contributed by atoms with Crippen molar-refractivity contribution in [2.75, 3.05) is 4.90 Å². The van der Waals surface area contributed by atoms with Crippen LogP contribution in [0, 0.1) is 32.1 Å². The van der Waals surface area contributed by atoms with E-state index < -0.39 is 5.92 Å². The number of halogens is 2. The fourth-order valence-electron chi connectivity index (χ4n) is 5.54. The van der Waals surface area contributed by atoms with Gasteiger partial charge >= 0.3 is 0 Å². The summed E-state index contributed by atoms with van der Waals surface area (Å²) in [6, 6.07) is 19.6. The Balaban J connectivity index is 1.64. The molecule has 0 bridgehead atoms. The number of nitrogens with zero attached hydrogens (tertiary/aromatic N) is 2. The molecule has 0 saturated heterocycles. The van der Waals surface area contributed by atoms with Crippen LogP contribution in [0.15, 0.2) is 77.3 Å². The number of ether oxygens (including phenoxy) is 1. The largest absolute Gasteiger partial charge is 0.489 e. The molecule has 3 aromatic carbocycles. The predicted octanol–water partition coefficient (Wildman–Crippen LogP) is 7.80. The van der Waals surface area contributed by atoms with Gasteiger partial charge in [0, 0.05) is 22.7 Å². The van der Waals surface area contributed by atoms with Gasteiger partial charge in [-0.25, -0.2) is 0 Å². The quantitative estimate of drug-likeness (QED) is 0.346. The normalized spacial score (nSPS) is 17.3. The molecule has 0 radical (unpaired) electrons. The summed E-state index contributed by atoms with van der Waals surface area (Å²) in [5, 5.41) is 11.3. The van der Waals surface area contributed by atoms with Crippen molar-refractivity contribution in [2.45, 2.75) is 52.6 Å². The molecule has 0 saturated carbocycles. The Labute approximate surface area is 239 Å².